The van der Waals surface area contributed by atoms with Crippen LogP contribution in [0.1, 0.15) is 46.5 Å². The van der Waals surface area contributed by atoms with Crippen molar-refractivity contribution in [1.82, 2.24) is 9.80 Å². The van der Waals surface area contributed by atoms with Crippen LogP contribution in [0.5, 0.6) is 0 Å². The Kier molecular flexibility index (Phi) is 6.28. The van der Waals surface area contributed by atoms with Gasteiger partial charge < -0.3 is 20.1 Å². The Balaban J connectivity index is 1.95. The highest BCUT2D eigenvalue weighted by Gasteiger charge is 2.36. The summed E-state index contributed by atoms with van der Waals surface area (Å²) in [5.41, 5.74) is 5.57. The monoisotopic (exact) mass is 327 g/mol. The summed E-state index contributed by atoms with van der Waals surface area (Å²) in [5, 5.41) is 0. The molecule has 2 N–H and O–H groups in total. The van der Waals surface area contributed by atoms with E-state index in [9.17, 15) is 4.79 Å². The van der Waals surface area contributed by atoms with Crippen LogP contribution in [-0.4, -0.2) is 73.0 Å². The van der Waals surface area contributed by atoms with Gasteiger partial charge in [-0.2, -0.15) is 0 Å². The van der Waals surface area contributed by atoms with Gasteiger partial charge in [0.1, 0.15) is 5.60 Å². The average molecular weight is 327 g/mol. The fourth-order valence-corrected chi connectivity index (χ4v) is 3.62. The standard InChI is InChI=1S/C17H33N3O3/c1-17(2,3)23-16(21)19-9-10-20(15(11-19)12-22-4)14-7-5-13(18)6-8-14/h13-15H,5-12,18H2,1-4H3/t13?,14?,15-/m0/s1. The van der Waals surface area contributed by atoms with Crippen LogP contribution in [0.25, 0.3) is 0 Å². The lowest BCUT2D eigenvalue weighted by Gasteiger charge is -2.46. The van der Waals surface area contributed by atoms with Gasteiger partial charge in [-0.25, -0.2) is 4.79 Å². The molecule has 6 nitrogen and oxygen atoms in total. The summed E-state index contributed by atoms with van der Waals surface area (Å²) in [6, 6.07) is 1.16. The van der Waals surface area contributed by atoms with E-state index in [0.717, 1.165) is 38.8 Å². The van der Waals surface area contributed by atoms with Crippen molar-refractivity contribution in [3.63, 3.8) is 0 Å². The van der Waals surface area contributed by atoms with Crippen LogP contribution in [0.15, 0.2) is 0 Å². The van der Waals surface area contributed by atoms with Crippen molar-refractivity contribution < 1.29 is 14.3 Å². The number of rotatable bonds is 3. The second-order valence-corrected chi connectivity index (χ2v) is 7.84. The molecule has 1 amide bonds. The third-order valence-corrected chi connectivity index (χ3v) is 4.75. The van der Waals surface area contributed by atoms with Gasteiger partial charge in [-0.3, -0.25) is 4.90 Å². The van der Waals surface area contributed by atoms with Crippen LogP contribution in [-0.2, 0) is 9.47 Å². The molecular formula is C17H33N3O3. The largest absolute Gasteiger partial charge is 0.444 e. The minimum atomic E-state index is -0.454. The van der Waals surface area contributed by atoms with E-state index in [-0.39, 0.29) is 12.1 Å². The maximum absolute atomic E-state index is 12.3. The second kappa shape index (κ2) is 7.81. The maximum atomic E-state index is 12.3. The van der Waals surface area contributed by atoms with Gasteiger partial charge in [0.15, 0.2) is 0 Å². The second-order valence-electron chi connectivity index (χ2n) is 7.84. The van der Waals surface area contributed by atoms with Gasteiger partial charge in [0.05, 0.1) is 12.6 Å². The van der Waals surface area contributed by atoms with Gasteiger partial charge in [-0.15, -0.1) is 0 Å². The Hall–Kier alpha value is -0.850. The van der Waals surface area contributed by atoms with E-state index in [1.165, 1.54) is 0 Å². The Morgan fingerprint density at radius 1 is 1.17 bits per heavy atom. The summed E-state index contributed by atoms with van der Waals surface area (Å²) in [6.07, 6.45) is 4.26. The molecule has 1 saturated carbocycles. The summed E-state index contributed by atoms with van der Waals surface area (Å²) >= 11 is 0. The van der Waals surface area contributed by atoms with E-state index in [1.807, 2.05) is 25.7 Å². The van der Waals surface area contributed by atoms with Crippen molar-refractivity contribution in [2.24, 2.45) is 5.73 Å². The molecule has 23 heavy (non-hydrogen) atoms. The number of ether oxygens (including phenoxy) is 2. The molecule has 1 aliphatic carbocycles. The van der Waals surface area contributed by atoms with Crippen molar-refractivity contribution in [2.45, 2.75) is 70.2 Å². The predicted octanol–water partition coefficient (Wildman–Crippen LogP) is 1.82. The molecule has 1 aliphatic heterocycles. The Bertz CT molecular complexity index is 389. The van der Waals surface area contributed by atoms with Crippen molar-refractivity contribution in [3.8, 4) is 0 Å². The predicted molar refractivity (Wildman–Crippen MR) is 90.4 cm³/mol. The lowest BCUT2D eigenvalue weighted by molar-refractivity contribution is -0.0264. The maximum Gasteiger partial charge on any atom is 0.410 e. The molecule has 2 aliphatic rings. The number of carbonyl (C=O) groups is 1. The van der Waals surface area contributed by atoms with Crippen LogP contribution < -0.4 is 5.73 Å². The van der Waals surface area contributed by atoms with Gasteiger partial charge >= 0.3 is 6.09 Å². The van der Waals surface area contributed by atoms with Crippen molar-refractivity contribution in [2.75, 3.05) is 33.4 Å². The SMILES string of the molecule is COC[C@@H]1CN(C(=O)OC(C)(C)C)CCN1C1CCC(N)CC1. The number of hydrogen-bond acceptors (Lipinski definition) is 5. The normalized spacial score (nSPS) is 30.3. The number of nitrogens with two attached hydrogens (primary N) is 1. The molecule has 1 atom stereocenters. The summed E-state index contributed by atoms with van der Waals surface area (Å²) in [4.78, 5) is 16.7. The fourth-order valence-electron chi connectivity index (χ4n) is 3.62. The zero-order valence-corrected chi connectivity index (χ0v) is 15.1. The quantitative estimate of drug-likeness (QED) is 0.856. The Labute approximate surface area is 140 Å². The molecule has 2 fully saturated rings. The molecule has 2 rings (SSSR count). The van der Waals surface area contributed by atoms with Crippen molar-refractivity contribution in [3.05, 3.63) is 0 Å². The lowest BCUT2D eigenvalue weighted by Crippen LogP contribution is -2.60. The number of methoxy groups -OCH3 is 1. The highest BCUT2D eigenvalue weighted by molar-refractivity contribution is 5.68. The molecule has 0 unspecified atom stereocenters. The summed E-state index contributed by atoms with van der Waals surface area (Å²) < 4.78 is 10.9. The van der Waals surface area contributed by atoms with E-state index >= 15 is 0 Å². The molecular weight excluding hydrogens is 294 g/mol. The Morgan fingerprint density at radius 2 is 1.83 bits per heavy atom. The van der Waals surface area contributed by atoms with Gasteiger partial charge in [-0.1, -0.05) is 0 Å². The molecule has 0 aromatic heterocycles. The van der Waals surface area contributed by atoms with Gasteiger partial charge in [0.25, 0.3) is 0 Å². The smallest absolute Gasteiger partial charge is 0.410 e. The number of piperazine rings is 1. The highest BCUT2D eigenvalue weighted by Crippen LogP contribution is 2.26. The summed E-state index contributed by atoms with van der Waals surface area (Å²) in [7, 11) is 1.72. The van der Waals surface area contributed by atoms with Crippen molar-refractivity contribution >= 4 is 6.09 Å². The number of hydrogen-bond donors (Lipinski definition) is 1. The number of amides is 1. The van der Waals surface area contributed by atoms with Crippen LogP contribution >= 0.6 is 0 Å². The topological polar surface area (TPSA) is 68.0 Å². The minimum Gasteiger partial charge on any atom is -0.444 e. The molecule has 0 spiro atoms. The van der Waals surface area contributed by atoms with E-state index in [0.29, 0.717) is 25.2 Å². The van der Waals surface area contributed by atoms with E-state index in [1.54, 1.807) is 7.11 Å². The molecule has 0 bridgehead atoms. The molecule has 0 radical (unpaired) electrons. The third kappa shape index (κ3) is 5.33. The van der Waals surface area contributed by atoms with E-state index < -0.39 is 5.60 Å². The van der Waals surface area contributed by atoms with Crippen molar-refractivity contribution in [1.29, 1.82) is 0 Å². The zero-order chi connectivity index (χ0) is 17.0. The van der Waals surface area contributed by atoms with Gasteiger partial charge in [-0.05, 0) is 46.5 Å². The molecule has 0 aromatic carbocycles. The zero-order valence-electron chi connectivity index (χ0n) is 15.1. The Morgan fingerprint density at radius 3 is 2.39 bits per heavy atom. The molecule has 6 heteroatoms. The first kappa shape index (κ1) is 18.5. The van der Waals surface area contributed by atoms with E-state index in [2.05, 4.69) is 4.90 Å². The van der Waals surface area contributed by atoms with Gasteiger partial charge in [0.2, 0.25) is 0 Å². The average Bonchev–Trinajstić information content (AvgIpc) is 2.47. The minimum absolute atomic E-state index is 0.219. The molecule has 0 aromatic rings. The molecule has 134 valence electrons. The number of nitrogens with zero attached hydrogens (tertiary/aromatic N) is 2. The van der Waals surface area contributed by atoms with Gasteiger partial charge in [0, 0.05) is 38.8 Å². The highest BCUT2D eigenvalue weighted by atomic mass is 16.6. The first-order chi connectivity index (χ1) is 10.8. The summed E-state index contributed by atoms with van der Waals surface area (Å²) in [6.45, 7) is 8.62. The first-order valence-corrected chi connectivity index (χ1v) is 8.78. The van der Waals surface area contributed by atoms with Crippen LogP contribution in [0.4, 0.5) is 4.79 Å². The van der Waals surface area contributed by atoms with Crippen LogP contribution in [0, 0.1) is 0 Å². The van der Waals surface area contributed by atoms with Crippen LogP contribution in [0.3, 0.4) is 0 Å². The number of carbonyl (C=O) groups excluding carboxylic acids is 1. The van der Waals surface area contributed by atoms with E-state index in [4.69, 9.17) is 15.2 Å². The summed E-state index contributed by atoms with van der Waals surface area (Å²) in [5.74, 6) is 0. The molecule has 1 saturated heterocycles. The van der Waals surface area contributed by atoms with Crippen LogP contribution in [0.2, 0.25) is 0 Å². The third-order valence-electron chi connectivity index (χ3n) is 4.75. The first-order valence-electron chi connectivity index (χ1n) is 8.78. The fraction of sp³-hybridized carbons (Fsp3) is 0.941. The lowest BCUT2D eigenvalue weighted by atomic mass is 9.89. The molecule has 1 heterocycles.